The van der Waals surface area contributed by atoms with Crippen molar-refractivity contribution in [3.8, 4) is 28.7 Å². The van der Waals surface area contributed by atoms with Crippen LogP contribution in [0, 0.1) is 0 Å². The van der Waals surface area contributed by atoms with E-state index < -0.39 is 22.5 Å². The highest BCUT2D eigenvalue weighted by atomic mass is 32.2. The van der Waals surface area contributed by atoms with Gasteiger partial charge < -0.3 is 29.0 Å². The van der Waals surface area contributed by atoms with E-state index in [1.165, 1.54) is 33.5 Å². The number of fused-ring (bicyclic) bond motifs is 1. The first-order valence-corrected chi connectivity index (χ1v) is 12.8. The zero-order valence-corrected chi connectivity index (χ0v) is 21.5. The molecular formula is C26H28N2O8S. The standard InChI is InChI=1S/C26H28N2O8S/c1-32-23-13-18(14-24(33-2)26(23)34-3)16-27-25(29)17-28(37(30,31)20-7-5-4-6-8-20)19-9-10-21-22(15-19)36-12-11-35-21/h4-10,13-15H,11-12,16-17H2,1-3H3,(H,27,29). The number of nitrogens with one attached hydrogen (secondary N) is 1. The van der Waals surface area contributed by atoms with Crippen molar-refractivity contribution in [3.05, 3.63) is 66.2 Å². The van der Waals surface area contributed by atoms with Crippen LogP contribution in [0.2, 0.25) is 0 Å². The lowest BCUT2D eigenvalue weighted by Gasteiger charge is -2.26. The molecule has 3 aromatic rings. The highest BCUT2D eigenvalue weighted by molar-refractivity contribution is 7.92. The molecule has 0 spiro atoms. The third kappa shape index (κ3) is 5.67. The molecule has 0 aliphatic carbocycles. The first-order valence-electron chi connectivity index (χ1n) is 11.4. The topological polar surface area (TPSA) is 113 Å². The van der Waals surface area contributed by atoms with Crippen molar-refractivity contribution in [1.29, 1.82) is 0 Å². The van der Waals surface area contributed by atoms with Crippen LogP contribution >= 0.6 is 0 Å². The molecule has 1 aliphatic rings. The molecule has 0 aromatic heterocycles. The maximum atomic E-state index is 13.6. The van der Waals surface area contributed by atoms with Gasteiger partial charge in [0.05, 0.1) is 31.9 Å². The van der Waals surface area contributed by atoms with Crippen LogP contribution in [-0.2, 0) is 21.4 Å². The van der Waals surface area contributed by atoms with Gasteiger partial charge in [0.2, 0.25) is 11.7 Å². The van der Waals surface area contributed by atoms with Crippen molar-refractivity contribution in [3.63, 3.8) is 0 Å². The number of carbonyl (C=O) groups excluding carboxylic acids is 1. The first-order chi connectivity index (χ1) is 17.9. The van der Waals surface area contributed by atoms with Crippen LogP contribution < -0.4 is 33.3 Å². The lowest BCUT2D eigenvalue weighted by atomic mass is 10.1. The molecule has 0 unspecified atom stereocenters. The van der Waals surface area contributed by atoms with Crippen molar-refractivity contribution in [2.45, 2.75) is 11.4 Å². The van der Waals surface area contributed by atoms with Crippen LogP contribution in [0.1, 0.15) is 5.56 Å². The molecule has 0 atom stereocenters. The molecule has 1 N–H and O–H groups in total. The summed E-state index contributed by atoms with van der Waals surface area (Å²) in [5, 5.41) is 2.77. The minimum absolute atomic E-state index is 0.0577. The average Bonchev–Trinajstić information content (AvgIpc) is 2.94. The van der Waals surface area contributed by atoms with Crippen LogP contribution in [-0.4, -0.2) is 55.4 Å². The molecule has 0 bridgehead atoms. The van der Waals surface area contributed by atoms with E-state index in [-0.39, 0.29) is 17.1 Å². The SMILES string of the molecule is COc1cc(CNC(=O)CN(c2ccc3c(c2)OCCO3)S(=O)(=O)c2ccccc2)cc(OC)c1OC. The van der Waals surface area contributed by atoms with Gasteiger partial charge in [0.15, 0.2) is 23.0 Å². The number of anilines is 1. The second kappa shape index (κ2) is 11.3. The molecular weight excluding hydrogens is 500 g/mol. The Morgan fingerprint density at radius 3 is 2.16 bits per heavy atom. The lowest BCUT2D eigenvalue weighted by molar-refractivity contribution is -0.119. The predicted molar refractivity (Wildman–Crippen MR) is 136 cm³/mol. The molecule has 0 saturated carbocycles. The van der Waals surface area contributed by atoms with E-state index in [1.54, 1.807) is 48.5 Å². The van der Waals surface area contributed by atoms with E-state index in [0.717, 1.165) is 4.31 Å². The van der Waals surface area contributed by atoms with Crippen LogP contribution in [0.25, 0.3) is 0 Å². The zero-order chi connectivity index (χ0) is 26.4. The second-order valence-corrected chi connectivity index (χ2v) is 9.83. The van der Waals surface area contributed by atoms with Gasteiger partial charge in [0.25, 0.3) is 10.0 Å². The molecule has 3 aromatic carbocycles. The largest absolute Gasteiger partial charge is 0.493 e. The minimum atomic E-state index is -4.07. The Labute approximate surface area is 215 Å². The van der Waals surface area contributed by atoms with Crippen molar-refractivity contribution in [2.24, 2.45) is 0 Å². The molecule has 196 valence electrons. The summed E-state index contributed by atoms with van der Waals surface area (Å²) >= 11 is 0. The maximum Gasteiger partial charge on any atom is 0.264 e. The van der Waals surface area contributed by atoms with E-state index >= 15 is 0 Å². The third-order valence-corrected chi connectivity index (χ3v) is 7.43. The Morgan fingerprint density at radius 1 is 0.892 bits per heavy atom. The van der Waals surface area contributed by atoms with Crippen molar-refractivity contribution >= 4 is 21.6 Å². The highest BCUT2D eigenvalue weighted by Crippen LogP contribution is 2.38. The summed E-state index contributed by atoms with van der Waals surface area (Å²) in [6.45, 7) is 0.399. The maximum absolute atomic E-state index is 13.6. The molecule has 0 saturated heterocycles. The van der Waals surface area contributed by atoms with Crippen molar-refractivity contribution < 1.29 is 36.9 Å². The van der Waals surface area contributed by atoms with Crippen molar-refractivity contribution in [1.82, 2.24) is 5.32 Å². The zero-order valence-electron chi connectivity index (χ0n) is 20.7. The van der Waals surface area contributed by atoms with Gasteiger partial charge in [-0.2, -0.15) is 0 Å². The fourth-order valence-corrected chi connectivity index (χ4v) is 5.28. The number of hydrogen-bond donors (Lipinski definition) is 1. The number of rotatable bonds is 10. The monoisotopic (exact) mass is 528 g/mol. The quantitative estimate of drug-likeness (QED) is 0.428. The van der Waals surface area contributed by atoms with E-state index in [2.05, 4.69) is 5.32 Å². The molecule has 0 fully saturated rings. The summed E-state index contributed by atoms with van der Waals surface area (Å²) in [6, 6.07) is 16.1. The molecule has 37 heavy (non-hydrogen) atoms. The number of amides is 1. The predicted octanol–water partition coefficient (Wildman–Crippen LogP) is 3.00. The molecule has 4 rings (SSSR count). The number of sulfonamides is 1. The summed E-state index contributed by atoms with van der Waals surface area (Å²) in [6.07, 6.45) is 0. The second-order valence-electron chi connectivity index (χ2n) is 7.96. The van der Waals surface area contributed by atoms with Gasteiger partial charge in [-0.1, -0.05) is 18.2 Å². The number of methoxy groups -OCH3 is 3. The molecule has 1 aliphatic heterocycles. The number of benzene rings is 3. The summed E-state index contributed by atoms with van der Waals surface area (Å²) in [4.78, 5) is 13.1. The van der Waals surface area contributed by atoms with E-state index in [9.17, 15) is 13.2 Å². The lowest BCUT2D eigenvalue weighted by Crippen LogP contribution is -2.40. The van der Waals surface area contributed by atoms with Crippen LogP contribution in [0.3, 0.4) is 0 Å². The van der Waals surface area contributed by atoms with Gasteiger partial charge in [0.1, 0.15) is 19.8 Å². The third-order valence-electron chi connectivity index (χ3n) is 5.65. The van der Waals surface area contributed by atoms with Gasteiger partial charge in [-0.3, -0.25) is 9.10 Å². The smallest absolute Gasteiger partial charge is 0.264 e. The average molecular weight is 529 g/mol. The van der Waals surface area contributed by atoms with Crippen LogP contribution in [0.15, 0.2) is 65.6 Å². The minimum Gasteiger partial charge on any atom is -0.493 e. The van der Waals surface area contributed by atoms with Gasteiger partial charge in [-0.05, 0) is 42.0 Å². The summed E-state index contributed by atoms with van der Waals surface area (Å²) in [5.41, 5.74) is 0.954. The summed E-state index contributed by atoms with van der Waals surface area (Å²) < 4.78 is 55.4. The van der Waals surface area contributed by atoms with E-state index in [4.69, 9.17) is 23.7 Å². The Hall–Kier alpha value is -4.12. The van der Waals surface area contributed by atoms with Gasteiger partial charge in [0, 0.05) is 12.6 Å². The van der Waals surface area contributed by atoms with Gasteiger partial charge in [-0.25, -0.2) is 8.42 Å². The number of carbonyl (C=O) groups is 1. The summed E-state index contributed by atoms with van der Waals surface area (Å²) in [5.74, 6) is 1.72. The Morgan fingerprint density at radius 2 is 1.54 bits per heavy atom. The number of hydrogen-bond acceptors (Lipinski definition) is 8. The Balaban J connectivity index is 1.59. The van der Waals surface area contributed by atoms with Crippen molar-refractivity contribution in [2.75, 3.05) is 45.4 Å². The highest BCUT2D eigenvalue weighted by Gasteiger charge is 2.28. The Bertz CT molecular complexity index is 1340. The van der Waals surface area contributed by atoms with E-state index in [1.807, 2.05) is 0 Å². The van der Waals surface area contributed by atoms with Crippen LogP contribution in [0.5, 0.6) is 28.7 Å². The fourth-order valence-electron chi connectivity index (χ4n) is 3.85. The van der Waals surface area contributed by atoms with Crippen LogP contribution in [0.4, 0.5) is 5.69 Å². The Kier molecular flexibility index (Phi) is 7.92. The molecule has 1 heterocycles. The van der Waals surface area contributed by atoms with E-state index in [0.29, 0.717) is 47.5 Å². The first kappa shape index (κ1) is 26.0. The normalized spacial score (nSPS) is 12.4. The summed E-state index contributed by atoms with van der Waals surface area (Å²) in [7, 11) is 0.431. The fraction of sp³-hybridized carbons (Fsp3) is 0.269. The molecule has 1 amide bonds. The van der Waals surface area contributed by atoms with Gasteiger partial charge >= 0.3 is 0 Å². The molecule has 11 heteroatoms. The molecule has 0 radical (unpaired) electrons. The van der Waals surface area contributed by atoms with Gasteiger partial charge in [-0.15, -0.1) is 0 Å². The number of ether oxygens (including phenoxy) is 5. The molecule has 10 nitrogen and oxygen atoms in total. The number of nitrogens with zero attached hydrogens (tertiary/aromatic N) is 1.